The number of rotatable bonds is 4. The summed E-state index contributed by atoms with van der Waals surface area (Å²) in [4.78, 5) is 29.2. The second-order valence-corrected chi connectivity index (χ2v) is 8.53. The number of carbonyl (C=O) groups is 2. The summed E-state index contributed by atoms with van der Waals surface area (Å²) in [5.74, 6) is 1.34. The molecule has 1 aliphatic carbocycles. The first kappa shape index (κ1) is 21.2. The van der Waals surface area contributed by atoms with E-state index >= 15 is 0 Å². The fourth-order valence-electron chi connectivity index (χ4n) is 4.65. The van der Waals surface area contributed by atoms with Crippen molar-refractivity contribution in [3.05, 3.63) is 59.2 Å². The maximum Gasteiger partial charge on any atom is 0.321 e. The van der Waals surface area contributed by atoms with Gasteiger partial charge in [-0.1, -0.05) is 18.2 Å². The summed E-state index contributed by atoms with van der Waals surface area (Å²) in [6.45, 7) is 4.29. The summed E-state index contributed by atoms with van der Waals surface area (Å²) in [6, 6.07) is 13.9. The fraction of sp³-hybridized carbons (Fsp3) is 0.440. The molecule has 1 fully saturated rings. The number of fused-ring (bicyclic) bond motifs is 1. The first-order valence-electron chi connectivity index (χ1n) is 11.1. The molecule has 1 heterocycles. The van der Waals surface area contributed by atoms with E-state index in [2.05, 4.69) is 17.4 Å². The maximum absolute atomic E-state index is 13.0. The molecule has 164 valence electrons. The SMILES string of the molecule is COc1ccc2c(c1)CCCC2CC(=O)N1CCN(C(=O)Nc2cccc(C)c2)CC1. The number of amides is 3. The summed E-state index contributed by atoms with van der Waals surface area (Å²) in [7, 11) is 1.69. The lowest BCUT2D eigenvalue weighted by atomic mass is 9.80. The standard InChI is InChI=1S/C25H31N3O3/c1-18-5-3-8-21(15-18)26-25(30)28-13-11-27(12-14-28)24(29)17-20-7-4-6-19-16-22(31-2)9-10-23(19)20/h3,5,8-10,15-16,20H,4,6-7,11-14,17H2,1-2H3,(H,26,30). The van der Waals surface area contributed by atoms with Crippen LogP contribution in [0.1, 0.15) is 41.9 Å². The zero-order chi connectivity index (χ0) is 21.8. The van der Waals surface area contributed by atoms with E-state index in [1.54, 1.807) is 12.0 Å². The Bertz CT molecular complexity index is 951. The molecule has 0 radical (unpaired) electrons. The van der Waals surface area contributed by atoms with Crippen LogP contribution in [0.3, 0.4) is 0 Å². The van der Waals surface area contributed by atoms with E-state index in [1.165, 1.54) is 11.1 Å². The van der Waals surface area contributed by atoms with Crippen molar-refractivity contribution in [1.29, 1.82) is 0 Å². The highest BCUT2D eigenvalue weighted by Crippen LogP contribution is 2.36. The van der Waals surface area contributed by atoms with Crippen LogP contribution >= 0.6 is 0 Å². The first-order chi connectivity index (χ1) is 15.0. The van der Waals surface area contributed by atoms with Gasteiger partial charge in [0.2, 0.25) is 5.91 Å². The molecule has 0 bridgehead atoms. The van der Waals surface area contributed by atoms with E-state index in [1.807, 2.05) is 42.2 Å². The number of nitrogens with zero attached hydrogens (tertiary/aromatic N) is 2. The first-order valence-corrected chi connectivity index (χ1v) is 11.1. The molecule has 31 heavy (non-hydrogen) atoms. The number of methoxy groups -OCH3 is 1. The lowest BCUT2D eigenvalue weighted by Crippen LogP contribution is -2.51. The van der Waals surface area contributed by atoms with Crippen molar-refractivity contribution in [2.45, 2.75) is 38.5 Å². The predicted octanol–water partition coefficient (Wildman–Crippen LogP) is 4.19. The number of nitrogens with one attached hydrogen (secondary N) is 1. The van der Waals surface area contributed by atoms with E-state index in [0.717, 1.165) is 36.3 Å². The highest BCUT2D eigenvalue weighted by molar-refractivity contribution is 5.89. The van der Waals surface area contributed by atoms with Gasteiger partial charge in [0.05, 0.1) is 7.11 Å². The number of ether oxygens (including phenoxy) is 1. The number of carbonyl (C=O) groups excluding carboxylic acids is 2. The molecule has 1 saturated heterocycles. The van der Waals surface area contributed by atoms with Crippen LogP contribution in [0, 0.1) is 6.92 Å². The molecular formula is C25H31N3O3. The Labute approximate surface area is 184 Å². The normalized spacial score (nSPS) is 18.3. The van der Waals surface area contributed by atoms with Gasteiger partial charge in [0.1, 0.15) is 5.75 Å². The van der Waals surface area contributed by atoms with Gasteiger partial charge in [0.25, 0.3) is 0 Å². The van der Waals surface area contributed by atoms with E-state index in [0.29, 0.717) is 32.6 Å². The average Bonchev–Trinajstić information content (AvgIpc) is 2.79. The number of aryl methyl sites for hydroxylation is 2. The Kier molecular flexibility index (Phi) is 6.44. The second-order valence-electron chi connectivity index (χ2n) is 8.53. The molecule has 1 aliphatic heterocycles. The Balaban J connectivity index is 1.30. The molecule has 6 nitrogen and oxygen atoms in total. The third-order valence-electron chi connectivity index (χ3n) is 6.40. The smallest absolute Gasteiger partial charge is 0.321 e. The number of urea groups is 1. The van der Waals surface area contributed by atoms with Gasteiger partial charge in [-0.25, -0.2) is 4.79 Å². The fourth-order valence-corrected chi connectivity index (χ4v) is 4.65. The lowest BCUT2D eigenvalue weighted by Gasteiger charge is -2.36. The molecule has 1 N–H and O–H groups in total. The second kappa shape index (κ2) is 9.41. The Morgan fingerprint density at radius 3 is 2.58 bits per heavy atom. The van der Waals surface area contributed by atoms with Gasteiger partial charge in [-0.3, -0.25) is 4.79 Å². The van der Waals surface area contributed by atoms with E-state index in [9.17, 15) is 9.59 Å². The van der Waals surface area contributed by atoms with E-state index in [-0.39, 0.29) is 17.9 Å². The molecule has 2 aromatic rings. The van der Waals surface area contributed by atoms with E-state index in [4.69, 9.17) is 4.74 Å². The van der Waals surface area contributed by atoms with Crippen molar-refractivity contribution >= 4 is 17.6 Å². The van der Waals surface area contributed by atoms with Crippen molar-refractivity contribution in [1.82, 2.24) is 9.80 Å². The molecule has 3 amide bonds. The molecule has 0 spiro atoms. The quantitative estimate of drug-likeness (QED) is 0.805. The van der Waals surface area contributed by atoms with Crippen LogP contribution in [0.15, 0.2) is 42.5 Å². The van der Waals surface area contributed by atoms with Crippen molar-refractivity contribution in [3.63, 3.8) is 0 Å². The number of anilines is 1. The van der Waals surface area contributed by atoms with Gasteiger partial charge < -0.3 is 19.9 Å². The van der Waals surface area contributed by atoms with Crippen LogP contribution in [0.2, 0.25) is 0 Å². The van der Waals surface area contributed by atoms with Crippen LogP contribution in [-0.4, -0.2) is 55.0 Å². The summed E-state index contributed by atoms with van der Waals surface area (Å²) < 4.78 is 5.35. The molecule has 6 heteroatoms. The average molecular weight is 422 g/mol. The third-order valence-corrected chi connectivity index (χ3v) is 6.40. The summed E-state index contributed by atoms with van der Waals surface area (Å²) in [6.07, 6.45) is 3.73. The maximum atomic E-state index is 13.0. The highest BCUT2D eigenvalue weighted by atomic mass is 16.5. The molecule has 0 aromatic heterocycles. The van der Waals surface area contributed by atoms with Crippen LogP contribution in [-0.2, 0) is 11.2 Å². The Morgan fingerprint density at radius 1 is 1.06 bits per heavy atom. The molecule has 1 unspecified atom stereocenters. The minimum absolute atomic E-state index is 0.104. The Hall–Kier alpha value is -3.02. The molecule has 2 aliphatic rings. The summed E-state index contributed by atoms with van der Waals surface area (Å²) in [5, 5.41) is 2.96. The number of hydrogen-bond donors (Lipinski definition) is 1. The van der Waals surface area contributed by atoms with Gasteiger partial charge in [0, 0.05) is 38.3 Å². The van der Waals surface area contributed by atoms with Gasteiger partial charge in [-0.2, -0.15) is 0 Å². The van der Waals surface area contributed by atoms with Crippen LogP contribution in [0.4, 0.5) is 10.5 Å². The largest absolute Gasteiger partial charge is 0.497 e. The predicted molar refractivity (Wildman–Crippen MR) is 122 cm³/mol. The zero-order valence-electron chi connectivity index (χ0n) is 18.4. The minimum Gasteiger partial charge on any atom is -0.497 e. The molecule has 4 rings (SSSR count). The van der Waals surface area contributed by atoms with Gasteiger partial charge in [-0.05, 0) is 73.1 Å². The number of hydrogen-bond acceptors (Lipinski definition) is 3. The lowest BCUT2D eigenvalue weighted by molar-refractivity contribution is -0.133. The van der Waals surface area contributed by atoms with Crippen molar-refractivity contribution in [2.75, 3.05) is 38.6 Å². The topological polar surface area (TPSA) is 61.9 Å². The van der Waals surface area contributed by atoms with Crippen LogP contribution in [0.5, 0.6) is 5.75 Å². The van der Waals surface area contributed by atoms with Gasteiger partial charge in [-0.15, -0.1) is 0 Å². The molecular weight excluding hydrogens is 390 g/mol. The number of benzene rings is 2. The van der Waals surface area contributed by atoms with Crippen LogP contribution < -0.4 is 10.1 Å². The van der Waals surface area contributed by atoms with Crippen molar-refractivity contribution in [3.8, 4) is 5.75 Å². The molecule has 2 aromatic carbocycles. The minimum atomic E-state index is -0.104. The van der Waals surface area contributed by atoms with E-state index < -0.39 is 0 Å². The van der Waals surface area contributed by atoms with Gasteiger partial charge >= 0.3 is 6.03 Å². The molecule has 0 saturated carbocycles. The van der Waals surface area contributed by atoms with Gasteiger partial charge in [0.15, 0.2) is 0 Å². The van der Waals surface area contributed by atoms with Crippen molar-refractivity contribution in [2.24, 2.45) is 0 Å². The monoisotopic (exact) mass is 421 g/mol. The zero-order valence-corrected chi connectivity index (χ0v) is 18.4. The number of piperazine rings is 1. The highest BCUT2D eigenvalue weighted by Gasteiger charge is 2.28. The summed E-state index contributed by atoms with van der Waals surface area (Å²) in [5.41, 5.74) is 4.50. The Morgan fingerprint density at radius 2 is 1.84 bits per heavy atom. The molecule has 1 atom stereocenters. The third kappa shape index (κ3) is 5.01. The summed E-state index contributed by atoms with van der Waals surface area (Å²) >= 11 is 0. The van der Waals surface area contributed by atoms with Crippen molar-refractivity contribution < 1.29 is 14.3 Å². The van der Waals surface area contributed by atoms with Crippen LogP contribution in [0.25, 0.3) is 0 Å².